The molecule has 1 N–H and O–H groups in total. The number of amides is 1. The molecule has 37 heavy (non-hydrogen) atoms. The zero-order chi connectivity index (χ0) is 28.0. The molecular formula is C22H21F8N5O2. The summed E-state index contributed by atoms with van der Waals surface area (Å²) in [5.41, 5.74) is -4.23. The highest BCUT2D eigenvalue weighted by Crippen LogP contribution is 2.49. The maximum absolute atomic E-state index is 13.9. The van der Waals surface area contributed by atoms with Crippen LogP contribution in [0.4, 0.5) is 39.9 Å². The number of alkyl halides is 8. The Morgan fingerprint density at radius 2 is 1.68 bits per heavy atom. The Kier molecular flexibility index (Phi) is 7.05. The molecule has 0 aliphatic heterocycles. The van der Waals surface area contributed by atoms with E-state index in [1.807, 2.05) is 0 Å². The smallest absolute Gasteiger partial charge is 0.444 e. The molecule has 3 aromatic rings. The first-order valence-electron chi connectivity index (χ1n) is 10.5. The van der Waals surface area contributed by atoms with Gasteiger partial charge in [-0.15, -0.1) is 0 Å². The van der Waals surface area contributed by atoms with Crippen molar-refractivity contribution in [1.29, 1.82) is 0 Å². The van der Waals surface area contributed by atoms with Crippen LogP contribution in [0.3, 0.4) is 0 Å². The number of hydrogen-bond acceptors (Lipinski definition) is 4. The second kappa shape index (κ2) is 9.34. The van der Waals surface area contributed by atoms with Crippen molar-refractivity contribution in [3.63, 3.8) is 0 Å². The summed E-state index contributed by atoms with van der Waals surface area (Å²) in [4.78, 5) is 11.9. The number of halogens is 8. The molecule has 0 aliphatic rings. The average Bonchev–Trinajstić information content (AvgIpc) is 3.35. The number of alkyl carbamates (subject to hydrolysis) is 1. The molecule has 2 aromatic heterocycles. The second-order valence-corrected chi connectivity index (χ2v) is 8.97. The van der Waals surface area contributed by atoms with Crippen molar-refractivity contribution in [3.05, 3.63) is 53.5 Å². The van der Waals surface area contributed by atoms with E-state index in [-0.39, 0.29) is 16.8 Å². The molecule has 0 unspecified atom stereocenters. The van der Waals surface area contributed by atoms with Crippen molar-refractivity contribution in [1.82, 2.24) is 24.9 Å². The number of ether oxygens (including phenoxy) is 1. The number of benzene rings is 1. The lowest BCUT2D eigenvalue weighted by Crippen LogP contribution is -2.36. The fraction of sp³-hybridized carbons (Fsp3) is 0.409. The minimum atomic E-state index is -6.30. The van der Waals surface area contributed by atoms with Crippen LogP contribution in [-0.4, -0.2) is 37.4 Å². The van der Waals surface area contributed by atoms with Gasteiger partial charge in [-0.25, -0.2) is 14.2 Å². The Labute approximate surface area is 205 Å². The van der Waals surface area contributed by atoms with E-state index in [0.717, 1.165) is 19.4 Å². The van der Waals surface area contributed by atoms with E-state index in [0.29, 0.717) is 15.8 Å². The summed E-state index contributed by atoms with van der Waals surface area (Å²) < 4.78 is 114. The van der Waals surface area contributed by atoms with E-state index in [2.05, 4.69) is 15.5 Å². The lowest BCUT2D eigenvalue weighted by atomic mass is 10.1. The van der Waals surface area contributed by atoms with Gasteiger partial charge in [-0.3, -0.25) is 0 Å². The van der Waals surface area contributed by atoms with Crippen LogP contribution in [0.15, 0.2) is 36.7 Å². The first-order valence-corrected chi connectivity index (χ1v) is 10.5. The summed E-state index contributed by atoms with van der Waals surface area (Å²) in [6, 6.07) is 6.39. The molecule has 2 heterocycles. The van der Waals surface area contributed by atoms with E-state index < -0.39 is 47.0 Å². The van der Waals surface area contributed by atoms with Gasteiger partial charge in [0.15, 0.2) is 11.5 Å². The zero-order valence-electron chi connectivity index (χ0n) is 19.8. The third-order valence-corrected chi connectivity index (χ3v) is 4.85. The third-order valence-electron chi connectivity index (χ3n) is 4.85. The molecule has 0 fully saturated rings. The molecule has 202 valence electrons. The highest BCUT2D eigenvalue weighted by atomic mass is 19.4. The number of aromatic nitrogens is 4. The van der Waals surface area contributed by atoms with E-state index in [4.69, 9.17) is 4.74 Å². The summed E-state index contributed by atoms with van der Waals surface area (Å²) in [5, 5.41) is 9.15. The van der Waals surface area contributed by atoms with Gasteiger partial charge in [-0.2, -0.15) is 45.3 Å². The minimum absolute atomic E-state index is 0.0483. The van der Waals surface area contributed by atoms with Crippen LogP contribution in [0, 0.1) is 0 Å². The maximum Gasteiger partial charge on any atom is 0.459 e. The predicted molar refractivity (Wildman–Crippen MR) is 114 cm³/mol. The van der Waals surface area contributed by atoms with Gasteiger partial charge >= 0.3 is 24.4 Å². The average molecular weight is 539 g/mol. The molecule has 0 radical (unpaired) electrons. The summed E-state index contributed by atoms with van der Waals surface area (Å²) in [6.07, 6.45) is -10.4. The fourth-order valence-electron chi connectivity index (χ4n) is 3.33. The highest BCUT2D eigenvalue weighted by Gasteiger charge is 2.64. The normalized spacial score (nSPS) is 13.1. The molecule has 1 aromatic carbocycles. The molecular weight excluding hydrogens is 518 g/mol. The highest BCUT2D eigenvalue weighted by molar-refractivity contribution is 5.68. The molecule has 0 aliphatic carbocycles. The summed E-state index contributed by atoms with van der Waals surface area (Å²) in [6.45, 7) is 5.10. The number of nitrogens with one attached hydrogen (secondary N) is 1. The fourth-order valence-corrected chi connectivity index (χ4v) is 3.33. The van der Waals surface area contributed by atoms with Crippen LogP contribution in [0.2, 0.25) is 0 Å². The number of rotatable bonds is 5. The van der Waals surface area contributed by atoms with Gasteiger partial charge in [0.2, 0.25) is 0 Å². The lowest BCUT2D eigenvalue weighted by molar-refractivity contribution is -0.292. The van der Waals surface area contributed by atoms with Gasteiger partial charge < -0.3 is 10.1 Å². The molecule has 3 rings (SSSR count). The van der Waals surface area contributed by atoms with Gasteiger partial charge in [-0.05, 0) is 38.0 Å². The van der Waals surface area contributed by atoms with Crippen molar-refractivity contribution in [2.45, 2.75) is 51.2 Å². The summed E-state index contributed by atoms with van der Waals surface area (Å²) in [7, 11) is 0.796. The van der Waals surface area contributed by atoms with Crippen molar-refractivity contribution in [2.24, 2.45) is 7.05 Å². The van der Waals surface area contributed by atoms with Gasteiger partial charge in [-0.1, -0.05) is 18.2 Å². The largest absolute Gasteiger partial charge is 0.459 e. The van der Waals surface area contributed by atoms with Crippen molar-refractivity contribution < 1.29 is 44.7 Å². The number of hydrogen-bond donors (Lipinski definition) is 1. The Morgan fingerprint density at radius 3 is 2.24 bits per heavy atom. The van der Waals surface area contributed by atoms with Gasteiger partial charge in [0, 0.05) is 25.4 Å². The molecule has 1 amide bonds. The SMILES string of the molecule is Cn1nc(C(F)(F)C(F)(F)F)c(C(F)(F)F)c1-n1cc(-c2cccc(CNC(=O)OC(C)(C)C)c2)cn1. The number of nitrogens with zero attached hydrogens (tertiary/aromatic N) is 4. The van der Waals surface area contributed by atoms with Crippen LogP contribution < -0.4 is 5.32 Å². The quantitative estimate of drug-likeness (QED) is 0.406. The van der Waals surface area contributed by atoms with Crippen LogP contribution in [0.1, 0.15) is 37.6 Å². The standard InChI is InChI=1S/C22H21F8N5O2/c1-19(2,3)37-18(36)31-9-12-6-5-7-13(8-12)14-10-32-35(11-14)17-15(21(25,26)27)16(33-34(17)4)20(23,24)22(28,29)30/h5-8,10-11H,9H2,1-4H3,(H,31,36). The topological polar surface area (TPSA) is 74.0 Å². The van der Waals surface area contributed by atoms with Gasteiger partial charge in [0.05, 0.1) is 6.20 Å². The van der Waals surface area contributed by atoms with E-state index in [9.17, 15) is 39.9 Å². The minimum Gasteiger partial charge on any atom is -0.444 e. The van der Waals surface area contributed by atoms with Gasteiger partial charge in [0.1, 0.15) is 11.2 Å². The number of carbonyl (C=O) groups excluding carboxylic acids is 1. The molecule has 0 spiro atoms. The van der Waals surface area contributed by atoms with Crippen LogP contribution in [0.25, 0.3) is 16.9 Å². The third kappa shape index (κ3) is 6.02. The molecule has 0 bridgehead atoms. The van der Waals surface area contributed by atoms with Crippen LogP contribution in [-0.2, 0) is 30.4 Å². The van der Waals surface area contributed by atoms with Crippen molar-refractivity contribution in [2.75, 3.05) is 0 Å². The molecule has 0 atom stereocenters. The number of aryl methyl sites for hydroxylation is 1. The molecule has 0 saturated heterocycles. The Bertz CT molecular complexity index is 1290. The van der Waals surface area contributed by atoms with E-state index >= 15 is 0 Å². The first-order chi connectivity index (χ1) is 16.8. The summed E-state index contributed by atoms with van der Waals surface area (Å²) in [5.74, 6) is -6.99. The predicted octanol–water partition coefficient (Wildman–Crippen LogP) is 5.97. The monoisotopic (exact) mass is 539 g/mol. The van der Waals surface area contributed by atoms with Crippen LogP contribution in [0.5, 0.6) is 0 Å². The molecule has 7 nitrogen and oxygen atoms in total. The maximum atomic E-state index is 13.9. The van der Waals surface area contributed by atoms with Crippen molar-refractivity contribution in [3.8, 4) is 16.9 Å². The lowest BCUT2D eigenvalue weighted by Gasteiger charge is -2.19. The Morgan fingerprint density at radius 1 is 1.03 bits per heavy atom. The zero-order valence-corrected chi connectivity index (χ0v) is 19.8. The van der Waals surface area contributed by atoms with Crippen LogP contribution >= 0.6 is 0 Å². The molecule has 0 saturated carbocycles. The second-order valence-electron chi connectivity index (χ2n) is 8.97. The number of carbonyl (C=O) groups is 1. The molecule has 15 heteroatoms. The first kappa shape index (κ1) is 27.9. The van der Waals surface area contributed by atoms with E-state index in [1.54, 1.807) is 45.0 Å². The Hall–Kier alpha value is -3.65. The summed E-state index contributed by atoms with van der Waals surface area (Å²) >= 11 is 0. The van der Waals surface area contributed by atoms with Crippen molar-refractivity contribution >= 4 is 6.09 Å². The van der Waals surface area contributed by atoms with E-state index in [1.165, 1.54) is 0 Å². The van der Waals surface area contributed by atoms with Gasteiger partial charge in [0.25, 0.3) is 0 Å². The Balaban J connectivity index is 1.97.